The van der Waals surface area contributed by atoms with E-state index in [9.17, 15) is 0 Å². The Kier molecular flexibility index (Phi) is 3.65. The van der Waals surface area contributed by atoms with E-state index in [2.05, 4.69) is 11.4 Å². The van der Waals surface area contributed by atoms with Crippen molar-refractivity contribution in [2.24, 2.45) is 5.41 Å². The second-order valence-electron chi connectivity index (χ2n) is 4.54. The summed E-state index contributed by atoms with van der Waals surface area (Å²) in [5.41, 5.74) is 1.34. The maximum Gasteiger partial charge on any atom is 0.144 e. The molecule has 1 aromatic rings. The molecule has 1 aromatic carbocycles. The fourth-order valence-electron chi connectivity index (χ4n) is 1.95. The van der Waals surface area contributed by atoms with E-state index in [-0.39, 0.29) is 0 Å². The second kappa shape index (κ2) is 5.05. The molecule has 1 fully saturated rings. The standard InChI is InChI=1S/C13H15ClN2O2/c1-9-3-10(14)4-11(12(9)17-2)16-6-13(5-15)7-18-8-13/h3-4,16H,6-8H2,1-2H3. The number of nitrogens with zero attached hydrogens (tertiary/aromatic N) is 1. The molecule has 1 N–H and O–H groups in total. The van der Waals surface area contributed by atoms with Crippen LogP contribution in [0.2, 0.25) is 5.02 Å². The molecule has 0 radical (unpaired) electrons. The molecule has 0 bridgehead atoms. The van der Waals surface area contributed by atoms with E-state index < -0.39 is 5.41 Å². The van der Waals surface area contributed by atoms with Crippen LogP contribution in [0.3, 0.4) is 0 Å². The summed E-state index contributed by atoms with van der Waals surface area (Å²) in [5.74, 6) is 0.757. The van der Waals surface area contributed by atoms with Crippen molar-refractivity contribution >= 4 is 17.3 Å². The Morgan fingerprint density at radius 2 is 2.28 bits per heavy atom. The van der Waals surface area contributed by atoms with Gasteiger partial charge in [-0.05, 0) is 24.6 Å². The summed E-state index contributed by atoms with van der Waals surface area (Å²) < 4.78 is 10.4. The predicted octanol–water partition coefficient (Wildman–Crippen LogP) is 2.61. The number of anilines is 1. The molecule has 1 aliphatic heterocycles. The molecule has 1 aliphatic rings. The maximum atomic E-state index is 9.12. The molecule has 18 heavy (non-hydrogen) atoms. The topological polar surface area (TPSA) is 54.3 Å². The lowest BCUT2D eigenvalue weighted by atomic mass is 9.88. The number of nitriles is 1. The van der Waals surface area contributed by atoms with Gasteiger partial charge in [-0.3, -0.25) is 0 Å². The molecule has 0 atom stereocenters. The van der Waals surface area contributed by atoms with Crippen molar-refractivity contribution in [1.29, 1.82) is 5.26 Å². The fourth-order valence-corrected chi connectivity index (χ4v) is 2.22. The van der Waals surface area contributed by atoms with Gasteiger partial charge < -0.3 is 14.8 Å². The largest absolute Gasteiger partial charge is 0.494 e. The van der Waals surface area contributed by atoms with Gasteiger partial charge in [0, 0.05) is 11.6 Å². The Hall–Kier alpha value is -1.44. The van der Waals surface area contributed by atoms with Gasteiger partial charge in [-0.25, -0.2) is 0 Å². The van der Waals surface area contributed by atoms with Gasteiger partial charge in [0.05, 0.1) is 32.1 Å². The summed E-state index contributed by atoms with van der Waals surface area (Å²) >= 11 is 6.03. The third kappa shape index (κ3) is 2.38. The first-order valence-electron chi connectivity index (χ1n) is 5.67. The minimum absolute atomic E-state index is 0.429. The first kappa shape index (κ1) is 13.0. The van der Waals surface area contributed by atoms with Gasteiger partial charge in [-0.1, -0.05) is 11.6 Å². The third-order valence-electron chi connectivity index (χ3n) is 3.05. The highest BCUT2D eigenvalue weighted by atomic mass is 35.5. The zero-order valence-electron chi connectivity index (χ0n) is 10.4. The summed E-state index contributed by atoms with van der Waals surface area (Å²) in [6.07, 6.45) is 0. The number of hydrogen-bond donors (Lipinski definition) is 1. The predicted molar refractivity (Wildman–Crippen MR) is 70.1 cm³/mol. The molecule has 1 saturated heterocycles. The van der Waals surface area contributed by atoms with Crippen molar-refractivity contribution in [1.82, 2.24) is 0 Å². The highest BCUT2D eigenvalue weighted by Crippen LogP contribution is 2.34. The van der Waals surface area contributed by atoms with Gasteiger partial charge in [-0.15, -0.1) is 0 Å². The van der Waals surface area contributed by atoms with Gasteiger partial charge in [0.25, 0.3) is 0 Å². The van der Waals surface area contributed by atoms with E-state index in [4.69, 9.17) is 26.3 Å². The van der Waals surface area contributed by atoms with Crippen molar-refractivity contribution in [3.05, 3.63) is 22.7 Å². The molecule has 96 valence electrons. The van der Waals surface area contributed by atoms with Crippen LogP contribution in [0.1, 0.15) is 5.56 Å². The minimum atomic E-state index is -0.429. The molecular formula is C13H15ClN2O2. The number of nitrogens with one attached hydrogen (secondary N) is 1. The van der Waals surface area contributed by atoms with Crippen LogP contribution < -0.4 is 10.1 Å². The summed E-state index contributed by atoms with van der Waals surface area (Å²) in [6.45, 7) is 3.40. The molecule has 0 amide bonds. The first-order valence-corrected chi connectivity index (χ1v) is 6.05. The monoisotopic (exact) mass is 266 g/mol. The number of hydrogen-bond acceptors (Lipinski definition) is 4. The molecule has 2 rings (SSSR count). The highest BCUT2D eigenvalue weighted by Gasteiger charge is 2.38. The smallest absolute Gasteiger partial charge is 0.144 e. The Labute approximate surface area is 111 Å². The van der Waals surface area contributed by atoms with Gasteiger partial charge in [0.15, 0.2) is 0 Å². The van der Waals surface area contributed by atoms with Crippen LogP contribution in [0.5, 0.6) is 5.75 Å². The summed E-state index contributed by atoms with van der Waals surface area (Å²) in [6, 6.07) is 5.94. The Balaban J connectivity index is 2.16. The van der Waals surface area contributed by atoms with E-state index in [1.165, 1.54) is 0 Å². The second-order valence-corrected chi connectivity index (χ2v) is 4.98. The number of methoxy groups -OCH3 is 1. The lowest BCUT2D eigenvalue weighted by molar-refractivity contribution is -0.0690. The van der Waals surface area contributed by atoms with Crippen molar-refractivity contribution in [3.8, 4) is 11.8 Å². The van der Waals surface area contributed by atoms with Gasteiger partial charge in [0.1, 0.15) is 11.2 Å². The highest BCUT2D eigenvalue weighted by molar-refractivity contribution is 6.31. The molecule has 1 heterocycles. The Morgan fingerprint density at radius 3 is 2.78 bits per heavy atom. The van der Waals surface area contributed by atoms with Crippen LogP contribution in [0.15, 0.2) is 12.1 Å². The molecule has 0 aromatic heterocycles. The molecule has 0 aliphatic carbocycles. The van der Waals surface area contributed by atoms with E-state index in [1.54, 1.807) is 13.2 Å². The Bertz CT molecular complexity index is 492. The normalized spacial score (nSPS) is 16.6. The van der Waals surface area contributed by atoms with E-state index in [0.717, 1.165) is 17.0 Å². The maximum absolute atomic E-state index is 9.12. The zero-order chi connectivity index (χ0) is 13.2. The number of rotatable bonds is 4. The lowest BCUT2D eigenvalue weighted by Gasteiger charge is -2.35. The first-order chi connectivity index (χ1) is 8.60. The van der Waals surface area contributed by atoms with E-state index >= 15 is 0 Å². The zero-order valence-corrected chi connectivity index (χ0v) is 11.2. The summed E-state index contributed by atoms with van der Waals surface area (Å²) in [7, 11) is 1.62. The van der Waals surface area contributed by atoms with Gasteiger partial charge in [0.2, 0.25) is 0 Å². The number of aryl methyl sites for hydroxylation is 1. The van der Waals surface area contributed by atoms with E-state index in [1.807, 2.05) is 13.0 Å². The fraction of sp³-hybridized carbons (Fsp3) is 0.462. The van der Waals surface area contributed by atoms with Crippen LogP contribution in [0.4, 0.5) is 5.69 Å². The van der Waals surface area contributed by atoms with Crippen LogP contribution in [0, 0.1) is 23.7 Å². The van der Waals surface area contributed by atoms with Crippen molar-refractivity contribution in [2.45, 2.75) is 6.92 Å². The van der Waals surface area contributed by atoms with Gasteiger partial charge >= 0.3 is 0 Å². The number of halogens is 1. The van der Waals surface area contributed by atoms with Crippen molar-refractivity contribution in [3.63, 3.8) is 0 Å². The van der Waals surface area contributed by atoms with Crippen LogP contribution in [-0.4, -0.2) is 26.9 Å². The minimum Gasteiger partial charge on any atom is -0.494 e. The van der Waals surface area contributed by atoms with Crippen LogP contribution in [-0.2, 0) is 4.74 Å². The summed E-state index contributed by atoms with van der Waals surface area (Å²) in [4.78, 5) is 0. The van der Waals surface area contributed by atoms with E-state index in [0.29, 0.717) is 24.8 Å². The summed E-state index contributed by atoms with van der Waals surface area (Å²) in [5, 5.41) is 13.0. The van der Waals surface area contributed by atoms with Crippen LogP contribution >= 0.6 is 11.6 Å². The molecule has 5 heteroatoms. The average molecular weight is 267 g/mol. The van der Waals surface area contributed by atoms with Crippen molar-refractivity contribution < 1.29 is 9.47 Å². The van der Waals surface area contributed by atoms with Crippen LogP contribution in [0.25, 0.3) is 0 Å². The van der Waals surface area contributed by atoms with Crippen molar-refractivity contribution in [2.75, 3.05) is 32.2 Å². The number of benzene rings is 1. The number of ether oxygens (including phenoxy) is 2. The van der Waals surface area contributed by atoms with Gasteiger partial charge in [-0.2, -0.15) is 5.26 Å². The quantitative estimate of drug-likeness (QED) is 0.910. The Morgan fingerprint density at radius 1 is 1.56 bits per heavy atom. The third-order valence-corrected chi connectivity index (χ3v) is 3.27. The molecule has 0 spiro atoms. The lowest BCUT2D eigenvalue weighted by Crippen LogP contribution is -2.46. The average Bonchev–Trinajstić information content (AvgIpc) is 2.27. The molecule has 4 nitrogen and oxygen atoms in total. The molecule has 0 saturated carbocycles. The molecule has 0 unspecified atom stereocenters. The molecular weight excluding hydrogens is 252 g/mol. The SMILES string of the molecule is COc1c(C)cc(Cl)cc1NCC1(C#N)COC1.